The molecule has 0 saturated carbocycles. The lowest BCUT2D eigenvalue weighted by Gasteiger charge is -1.98. The van der Waals surface area contributed by atoms with Crippen molar-refractivity contribution in [3.8, 4) is 0 Å². The molecule has 0 aromatic carbocycles. The minimum atomic E-state index is -0.360. The van der Waals surface area contributed by atoms with E-state index in [1.807, 2.05) is 0 Å². The molecule has 100 valence electrons. The lowest BCUT2D eigenvalue weighted by Crippen LogP contribution is -2.09. The molecule has 0 spiro atoms. The van der Waals surface area contributed by atoms with E-state index < -0.39 is 0 Å². The van der Waals surface area contributed by atoms with Gasteiger partial charge in [0.2, 0.25) is 0 Å². The molecule has 4 heteroatoms. The van der Waals surface area contributed by atoms with Gasteiger partial charge in [0.1, 0.15) is 6.26 Å². The maximum atomic E-state index is 11.8. The molecule has 1 rings (SSSR count). The lowest BCUT2D eigenvalue weighted by molar-refractivity contribution is -0.115. The Hall–Kier alpha value is -2.23. The summed E-state index contributed by atoms with van der Waals surface area (Å²) in [6, 6.07) is 1.50. The molecule has 4 nitrogen and oxygen atoms in total. The van der Waals surface area contributed by atoms with Gasteiger partial charge in [0.05, 0.1) is 18.2 Å². The SMILES string of the molecule is CC(C)=CC(=O)/C=C(/C)C(=O)CC(=O)c1ccoc1. The normalized spacial score (nSPS) is 11.0. The van der Waals surface area contributed by atoms with Crippen LogP contribution in [0.2, 0.25) is 0 Å². The molecule has 0 saturated heterocycles. The van der Waals surface area contributed by atoms with E-state index in [1.54, 1.807) is 13.8 Å². The van der Waals surface area contributed by atoms with Crippen molar-refractivity contribution in [2.75, 3.05) is 0 Å². The van der Waals surface area contributed by atoms with Gasteiger partial charge in [-0.1, -0.05) is 5.57 Å². The third-order valence-corrected chi connectivity index (χ3v) is 2.39. The number of carbonyl (C=O) groups is 3. The van der Waals surface area contributed by atoms with Crippen LogP contribution in [-0.4, -0.2) is 17.3 Å². The van der Waals surface area contributed by atoms with Gasteiger partial charge in [0.25, 0.3) is 0 Å². The zero-order valence-corrected chi connectivity index (χ0v) is 11.2. The molecule has 0 radical (unpaired) electrons. The molecule has 0 aliphatic rings. The summed E-state index contributed by atoms with van der Waals surface area (Å²) in [5, 5.41) is 0. The first kappa shape index (κ1) is 14.8. The highest BCUT2D eigenvalue weighted by atomic mass is 16.3. The van der Waals surface area contributed by atoms with Crippen molar-refractivity contribution in [1.82, 2.24) is 0 Å². The predicted molar refractivity (Wildman–Crippen MR) is 70.9 cm³/mol. The Morgan fingerprint density at radius 3 is 2.37 bits per heavy atom. The Kier molecular flexibility index (Phi) is 5.18. The molecular formula is C15H16O4. The molecule has 0 N–H and O–H groups in total. The van der Waals surface area contributed by atoms with E-state index in [1.165, 1.54) is 37.7 Å². The number of carbonyl (C=O) groups excluding carboxylic acids is 3. The summed E-state index contributed by atoms with van der Waals surface area (Å²) in [6.45, 7) is 5.12. The van der Waals surface area contributed by atoms with Crippen LogP contribution in [0.15, 0.2) is 46.3 Å². The van der Waals surface area contributed by atoms with Crippen molar-refractivity contribution in [2.45, 2.75) is 27.2 Å². The third kappa shape index (κ3) is 4.87. The minimum Gasteiger partial charge on any atom is -0.472 e. The van der Waals surface area contributed by atoms with Crippen LogP contribution in [0.3, 0.4) is 0 Å². The van der Waals surface area contributed by atoms with Crippen LogP contribution in [0.25, 0.3) is 0 Å². The fourth-order valence-electron chi connectivity index (χ4n) is 1.43. The van der Waals surface area contributed by atoms with Gasteiger partial charge in [-0.05, 0) is 44.6 Å². The number of furan rings is 1. The second-order valence-electron chi connectivity index (χ2n) is 4.49. The molecule has 1 aromatic heterocycles. The molecule has 19 heavy (non-hydrogen) atoms. The van der Waals surface area contributed by atoms with Gasteiger partial charge in [-0.2, -0.15) is 0 Å². The van der Waals surface area contributed by atoms with Crippen molar-refractivity contribution in [1.29, 1.82) is 0 Å². The number of Topliss-reactive ketones (excluding diaryl/α,β-unsaturated/α-hetero) is 2. The second kappa shape index (κ2) is 6.64. The number of rotatable bonds is 6. The minimum absolute atomic E-state index is 0.249. The predicted octanol–water partition coefficient (Wildman–Crippen LogP) is 2.90. The molecule has 0 amide bonds. The van der Waals surface area contributed by atoms with Gasteiger partial charge in [-0.3, -0.25) is 14.4 Å². The number of ketones is 3. The summed E-state index contributed by atoms with van der Waals surface area (Å²) in [4.78, 5) is 34.9. The van der Waals surface area contributed by atoms with Crippen molar-refractivity contribution in [3.05, 3.63) is 47.5 Å². The van der Waals surface area contributed by atoms with E-state index in [0.717, 1.165) is 5.57 Å². The van der Waals surface area contributed by atoms with Gasteiger partial charge < -0.3 is 4.42 Å². The van der Waals surface area contributed by atoms with Gasteiger partial charge in [-0.25, -0.2) is 0 Å². The van der Waals surface area contributed by atoms with E-state index >= 15 is 0 Å². The summed E-state index contributed by atoms with van der Waals surface area (Å²) in [5.41, 5.74) is 1.49. The number of hydrogen-bond acceptors (Lipinski definition) is 4. The Morgan fingerprint density at radius 2 is 1.84 bits per heavy atom. The van der Waals surface area contributed by atoms with E-state index in [0.29, 0.717) is 5.56 Å². The summed E-state index contributed by atoms with van der Waals surface area (Å²) >= 11 is 0. The fraction of sp³-hybridized carbons (Fsp3) is 0.267. The van der Waals surface area contributed by atoms with Crippen LogP contribution < -0.4 is 0 Å². The highest BCUT2D eigenvalue weighted by molar-refractivity contribution is 6.15. The summed E-state index contributed by atoms with van der Waals surface area (Å²) in [6.07, 6.45) is 5.10. The Labute approximate surface area is 111 Å². The zero-order valence-electron chi connectivity index (χ0n) is 11.2. The summed E-state index contributed by atoms with van der Waals surface area (Å²) < 4.78 is 4.78. The topological polar surface area (TPSA) is 64.3 Å². The van der Waals surface area contributed by atoms with Crippen molar-refractivity contribution >= 4 is 17.3 Å². The number of allylic oxidation sites excluding steroid dienone is 4. The molecule has 0 fully saturated rings. The Balaban J connectivity index is 2.68. The van der Waals surface area contributed by atoms with Crippen LogP contribution in [-0.2, 0) is 9.59 Å². The fourth-order valence-corrected chi connectivity index (χ4v) is 1.43. The first-order chi connectivity index (χ1) is 8.90. The van der Waals surface area contributed by atoms with Gasteiger partial charge in [0.15, 0.2) is 17.3 Å². The van der Waals surface area contributed by atoms with Crippen molar-refractivity contribution in [3.63, 3.8) is 0 Å². The van der Waals surface area contributed by atoms with E-state index in [4.69, 9.17) is 4.42 Å². The van der Waals surface area contributed by atoms with E-state index in [9.17, 15) is 14.4 Å². The second-order valence-corrected chi connectivity index (χ2v) is 4.49. The molecule has 0 bridgehead atoms. The largest absolute Gasteiger partial charge is 0.472 e. The zero-order chi connectivity index (χ0) is 14.4. The third-order valence-electron chi connectivity index (χ3n) is 2.39. The van der Waals surface area contributed by atoms with E-state index in [-0.39, 0.29) is 29.3 Å². The molecule has 1 aromatic rings. The highest BCUT2D eigenvalue weighted by Crippen LogP contribution is 2.08. The average molecular weight is 260 g/mol. The van der Waals surface area contributed by atoms with E-state index in [2.05, 4.69) is 0 Å². The van der Waals surface area contributed by atoms with Crippen LogP contribution in [0.1, 0.15) is 37.6 Å². The average Bonchev–Trinajstić information content (AvgIpc) is 2.80. The van der Waals surface area contributed by atoms with Crippen LogP contribution >= 0.6 is 0 Å². The van der Waals surface area contributed by atoms with Crippen LogP contribution in [0.5, 0.6) is 0 Å². The first-order valence-electron chi connectivity index (χ1n) is 5.86. The first-order valence-corrected chi connectivity index (χ1v) is 5.86. The van der Waals surface area contributed by atoms with Crippen LogP contribution in [0, 0.1) is 0 Å². The van der Waals surface area contributed by atoms with Gasteiger partial charge >= 0.3 is 0 Å². The van der Waals surface area contributed by atoms with Crippen molar-refractivity contribution < 1.29 is 18.8 Å². The standard InChI is InChI=1S/C15H16O4/c1-10(2)6-13(16)7-11(3)14(17)8-15(18)12-4-5-19-9-12/h4-7,9H,8H2,1-3H3/b11-7-. The highest BCUT2D eigenvalue weighted by Gasteiger charge is 2.14. The molecular weight excluding hydrogens is 244 g/mol. The van der Waals surface area contributed by atoms with Crippen LogP contribution in [0.4, 0.5) is 0 Å². The maximum absolute atomic E-state index is 11.8. The molecule has 1 heterocycles. The van der Waals surface area contributed by atoms with Gasteiger partial charge in [-0.15, -0.1) is 0 Å². The molecule has 0 aliphatic carbocycles. The maximum Gasteiger partial charge on any atom is 0.178 e. The quantitative estimate of drug-likeness (QED) is 0.448. The molecule has 0 aliphatic heterocycles. The smallest absolute Gasteiger partial charge is 0.178 e. The van der Waals surface area contributed by atoms with Gasteiger partial charge in [0, 0.05) is 0 Å². The van der Waals surface area contributed by atoms with Crippen molar-refractivity contribution in [2.24, 2.45) is 0 Å². The Bertz CT molecular complexity index is 541. The number of hydrogen-bond donors (Lipinski definition) is 0. The summed E-state index contributed by atoms with van der Waals surface area (Å²) in [7, 11) is 0. The Morgan fingerprint density at radius 1 is 1.16 bits per heavy atom. The monoisotopic (exact) mass is 260 g/mol. The lowest BCUT2D eigenvalue weighted by atomic mass is 10.0. The molecule has 0 unspecified atom stereocenters. The molecule has 0 atom stereocenters. The summed E-state index contributed by atoms with van der Waals surface area (Å²) in [5.74, 6) is -0.926.